The number of hydrogen-bond acceptors (Lipinski definition) is 5. The van der Waals surface area contributed by atoms with E-state index in [2.05, 4.69) is 5.32 Å². The number of para-hydroxylation sites is 2. The maximum absolute atomic E-state index is 13.4. The molecule has 0 fully saturated rings. The summed E-state index contributed by atoms with van der Waals surface area (Å²) in [6, 6.07) is 24.8. The van der Waals surface area contributed by atoms with Gasteiger partial charge in [0.25, 0.3) is 5.91 Å². The number of anilines is 1. The second kappa shape index (κ2) is 11.4. The Morgan fingerprint density at radius 3 is 2.31 bits per heavy atom. The molecule has 1 atom stereocenters. The van der Waals surface area contributed by atoms with E-state index in [1.807, 2.05) is 30.3 Å². The first-order valence-electron chi connectivity index (χ1n) is 11.8. The quantitative estimate of drug-likeness (QED) is 0.481. The summed E-state index contributed by atoms with van der Waals surface area (Å²) in [6.07, 6.45) is -0.248. The molecule has 1 N–H and O–H groups in total. The fraction of sp³-hybridized carbons (Fsp3) is 0.259. The van der Waals surface area contributed by atoms with Gasteiger partial charge in [0.1, 0.15) is 5.75 Å². The molecule has 3 aromatic rings. The molecule has 3 aromatic carbocycles. The molecule has 8 nitrogen and oxygen atoms in total. The summed E-state index contributed by atoms with van der Waals surface area (Å²) in [6.45, 7) is 1.86. The van der Waals surface area contributed by atoms with Gasteiger partial charge in [0.05, 0.1) is 23.7 Å². The van der Waals surface area contributed by atoms with Gasteiger partial charge in [0.15, 0.2) is 6.10 Å². The molecule has 36 heavy (non-hydrogen) atoms. The van der Waals surface area contributed by atoms with Crippen LogP contribution in [-0.2, 0) is 26.0 Å². The van der Waals surface area contributed by atoms with E-state index in [1.54, 1.807) is 49.4 Å². The minimum Gasteiger partial charge on any atom is -0.477 e. The number of sulfonamides is 1. The zero-order valence-corrected chi connectivity index (χ0v) is 20.9. The molecular formula is C27H29N3O5S. The van der Waals surface area contributed by atoms with Crippen LogP contribution in [0.1, 0.15) is 12.5 Å². The molecule has 2 amide bonds. The van der Waals surface area contributed by atoms with Crippen molar-refractivity contribution in [2.75, 3.05) is 31.1 Å². The summed E-state index contributed by atoms with van der Waals surface area (Å²) in [7, 11) is -3.86. The van der Waals surface area contributed by atoms with E-state index in [1.165, 1.54) is 17.0 Å². The second-order valence-corrected chi connectivity index (χ2v) is 10.3. The molecule has 4 rings (SSSR count). The minimum absolute atomic E-state index is 0.0179. The largest absolute Gasteiger partial charge is 0.477 e. The van der Waals surface area contributed by atoms with Gasteiger partial charge in [0.2, 0.25) is 15.9 Å². The van der Waals surface area contributed by atoms with Crippen LogP contribution in [0.5, 0.6) is 5.75 Å². The topological polar surface area (TPSA) is 96.0 Å². The smallest absolute Gasteiger partial charge is 0.262 e. The number of benzene rings is 3. The van der Waals surface area contributed by atoms with Crippen LogP contribution >= 0.6 is 0 Å². The second-order valence-electron chi connectivity index (χ2n) is 8.35. The molecule has 0 radical (unpaired) electrons. The third-order valence-corrected chi connectivity index (χ3v) is 7.90. The number of rotatable bonds is 9. The number of likely N-dealkylation sites (N-methyl/N-ethyl adjacent to an activating group) is 1. The maximum Gasteiger partial charge on any atom is 0.262 e. The molecular weight excluding hydrogens is 478 g/mol. The standard InChI is InChI=1S/C27H29N3O5S/c1-2-29(36(33,34)22-13-7-4-8-14-22)20-26(31)30-19-25(35-24-16-10-9-15-23(24)30)27(32)28-18-17-21-11-5-3-6-12-21/h3-16,25H,2,17-20H2,1H3,(H,28,32)/t25-/m0/s1. The average Bonchev–Trinajstić information content (AvgIpc) is 2.91. The Balaban J connectivity index is 1.48. The van der Waals surface area contributed by atoms with Crippen molar-refractivity contribution < 1.29 is 22.7 Å². The van der Waals surface area contributed by atoms with Gasteiger partial charge >= 0.3 is 0 Å². The van der Waals surface area contributed by atoms with Crippen LogP contribution in [0.4, 0.5) is 5.69 Å². The summed E-state index contributed by atoms with van der Waals surface area (Å²) >= 11 is 0. The van der Waals surface area contributed by atoms with Crippen molar-refractivity contribution in [1.82, 2.24) is 9.62 Å². The Morgan fingerprint density at radius 2 is 1.61 bits per heavy atom. The van der Waals surface area contributed by atoms with Gasteiger partial charge < -0.3 is 15.0 Å². The van der Waals surface area contributed by atoms with Crippen molar-refractivity contribution >= 4 is 27.5 Å². The molecule has 0 spiro atoms. The zero-order chi connectivity index (χ0) is 25.5. The van der Waals surface area contributed by atoms with Gasteiger partial charge in [-0.1, -0.05) is 67.6 Å². The Hall–Kier alpha value is -3.69. The van der Waals surface area contributed by atoms with E-state index >= 15 is 0 Å². The lowest BCUT2D eigenvalue weighted by atomic mass is 10.1. The van der Waals surface area contributed by atoms with Gasteiger partial charge in [-0.2, -0.15) is 4.31 Å². The van der Waals surface area contributed by atoms with Crippen molar-refractivity contribution in [1.29, 1.82) is 0 Å². The van der Waals surface area contributed by atoms with Crippen LogP contribution in [0.25, 0.3) is 0 Å². The fourth-order valence-corrected chi connectivity index (χ4v) is 5.46. The van der Waals surface area contributed by atoms with Crippen LogP contribution in [0.2, 0.25) is 0 Å². The number of hydrogen-bond donors (Lipinski definition) is 1. The minimum atomic E-state index is -3.86. The maximum atomic E-state index is 13.4. The summed E-state index contributed by atoms with van der Waals surface area (Å²) in [4.78, 5) is 27.9. The monoisotopic (exact) mass is 507 g/mol. The fourth-order valence-electron chi connectivity index (χ4n) is 4.04. The first-order valence-corrected chi connectivity index (χ1v) is 13.3. The molecule has 0 aliphatic carbocycles. The SMILES string of the molecule is CCN(CC(=O)N1C[C@@H](C(=O)NCCc2ccccc2)Oc2ccccc21)S(=O)(=O)c1ccccc1. The van der Waals surface area contributed by atoms with E-state index < -0.39 is 22.0 Å². The number of nitrogens with one attached hydrogen (secondary N) is 1. The molecule has 0 aromatic heterocycles. The molecule has 1 aliphatic rings. The van der Waals surface area contributed by atoms with E-state index in [0.717, 1.165) is 9.87 Å². The van der Waals surface area contributed by atoms with E-state index in [4.69, 9.17) is 4.74 Å². The lowest BCUT2D eigenvalue weighted by molar-refractivity contribution is -0.128. The molecule has 9 heteroatoms. The van der Waals surface area contributed by atoms with E-state index in [9.17, 15) is 18.0 Å². The Labute approximate surface area is 211 Å². The zero-order valence-electron chi connectivity index (χ0n) is 20.0. The van der Waals surface area contributed by atoms with Gasteiger partial charge in [0, 0.05) is 13.1 Å². The summed E-state index contributed by atoms with van der Waals surface area (Å²) in [5.74, 6) is -0.369. The average molecular weight is 508 g/mol. The van der Waals surface area contributed by atoms with Gasteiger partial charge in [-0.25, -0.2) is 8.42 Å². The number of amides is 2. The molecule has 0 unspecified atom stereocenters. The number of fused-ring (bicyclic) bond motifs is 1. The number of carbonyl (C=O) groups is 2. The number of carbonyl (C=O) groups excluding carboxylic acids is 2. The highest BCUT2D eigenvalue weighted by molar-refractivity contribution is 7.89. The summed E-state index contributed by atoms with van der Waals surface area (Å²) in [5, 5.41) is 2.88. The van der Waals surface area contributed by atoms with Crippen molar-refractivity contribution in [2.24, 2.45) is 0 Å². The van der Waals surface area contributed by atoms with Crippen LogP contribution < -0.4 is 15.0 Å². The molecule has 0 saturated heterocycles. The number of nitrogens with zero attached hydrogens (tertiary/aromatic N) is 2. The first-order chi connectivity index (χ1) is 17.4. The number of ether oxygens (including phenoxy) is 1. The van der Waals surface area contributed by atoms with E-state index in [0.29, 0.717) is 24.4 Å². The van der Waals surface area contributed by atoms with Crippen LogP contribution in [-0.4, -0.2) is 56.8 Å². The summed E-state index contributed by atoms with van der Waals surface area (Å²) < 4.78 is 33.2. The molecule has 0 saturated carbocycles. The van der Waals surface area contributed by atoms with Gasteiger partial charge in [-0.05, 0) is 36.2 Å². The van der Waals surface area contributed by atoms with Crippen molar-refractivity contribution in [3.05, 3.63) is 90.5 Å². The predicted molar refractivity (Wildman–Crippen MR) is 137 cm³/mol. The highest BCUT2D eigenvalue weighted by atomic mass is 32.2. The molecule has 188 valence electrons. The van der Waals surface area contributed by atoms with Crippen molar-refractivity contribution in [3.8, 4) is 5.75 Å². The van der Waals surface area contributed by atoms with Crippen LogP contribution in [0.15, 0.2) is 89.8 Å². The van der Waals surface area contributed by atoms with Crippen molar-refractivity contribution in [2.45, 2.75) is 24.3 Å². The third-order valence-electron chi connectivity index (χ3n) is 5.97. The lowest BCUT2D eigenvalue weighted by Gasteiger charge is -2.35. The van der Waals surface area contributed by atoms with Crippen LogP contribution in [0.3, 0.4) is 0 Å². The van der Waals surface area contributed by atoms with E-state index in [-0.39, 0.29) is 30.4 Å². The van der Waals surface area contributed by atoms with Crippen LogP contribution in [0, 0.1) is 0 Å². The normalized spacial score (nSPS) is 15.2. The Morgan fingerprint density at radius 1 is 0.972 bits per heavy atom. The molecule has 0 bridgehead atoms. The van der Waals surface area contributed by atoms with Crippen molar-refractivity contribution in [3.63, 3.8) is 0 Å². The highest BCUT2D eigenvalue weighted by Gasteiger charge is 2.35. The predicted octanol–water partition coefficient (Wildman–Crippen LogP) is 2.85. The van der Waals surface area contributed by atoms with Gasteiger partial charge in [-0.15, -0.1) is 0 Å². The summed E-state index contributed by atoms with van der Waals surface area (Å²) in [5.41, 5.74) is 1.60. The molecule has 1 aliphatic heterocycles. The lowest BCUT2D eigenvalue weighted by Crippen LogP contribution is -2.53. The Bertz CT molecular complexity index is 1300. The van der Waals surface area contributed by atoms with Gasteiger partial charge in [-0.3, -0.25) is 9.59 Å². The molecule has 1 heterocycles. The third kappa shape index (κ3) is 5.75. The Kier molecular flexibility index (Phi) is 8.02. The highest BCUT2D eigenvalue weighted by Crippen LogP contribution is 2.33. The first kappa shape index (κ1) is 25.4.